The first-order valence-electron chi connectivity index (χ1n) is 9.22. The van der Waals surface area contributed by atoms with Crippen LogP contribution in [0.25, 0.3) is 0 Å². The highest BCUT2D eigenvalue weighted by atomic mass is 19.1. The second-order valence-corrected chi connectivity index (χ2v) is 7.19. The summed E-state index contributed by atoms with van der Waals surface area (Å²) < 4.78 is 56.6. The summed E-state index contributed by atoms with van der Waals surface area (Å²) >= 11 is 0. The number of halogens is 4. The van der Waals surface area contributed by atoms with Gasteiger partial charge in [0.15, 0.2) is 0 Å². The topological polar surface area (TPSA) is 0 Å². The molecule has 0 unspecified atom stereocenters. The molecule has 3 aromatic carbocycles. The Bertz CT molecular complexity index is 1210. The van der Waals surface area contributed by atoms with Gasteiger partial charge in [-0.2, -0.15) is 0 Å². The fourth-order valence-electron chi connectivity index (χ4n) is 3.22. The summed E-state index contributed by atoms with van der Waals surface area (Å²) in [5, 5.41) is 0. The number of aryl methyl sites for hydroxylation is 4. The van der Waals surface area contributed by atoms with E-state index < -0.39 is 34.4 Å². The van der Waals surface area contributed by atoms with Gasteiger partial charge in [-0.3, -0.25) is 0 Å². The molecule has 0 heterocycles. The summed E-state index contributed by atoms with van der Waals surface area (Å²) in [7, 11) is 0. The largest absolute Gasteiger partial charge is 0.206 e. The quantitative estimate of drug-likeness (QED) is 0.305. The molecular weight excluding hydrogens is 388 g/mol. The SMILES string of the molecule is Cc1cc(C)c(C#Cc2cc(F)c(C#Cc3c(F)cc(C)cc3F)c(F)c2)c(C)c1. The molecule has 0 aliphatic carbocycles. The van der Waals surface area contributed by atoms with E-state index in [0.717, 1.165) is 46.5 Å². The van der Waals surface area contributed by atoms with Gasteiger partial charge in [0.05, 0.1) is 11.1 Å². The Morgan fingerprint density at radius 2 is 0.833 bits per heavy atom. The molecule has 0 saturated heterocycles. The average molecular weight is 406 g/mol. The molecule has 0 aromatic heterocycles. The molecule has 0 aliphatic rings. The van der Waals surface area contributed by atoms with Crippen LogP contribution in [0, 0.1) is 74.6 Å². The van der Waals surface area contributed by atoms with Gasteiger partial charge >= 0.3 is 0 Å². The number of hydrogen-bond acceptors (Lipinski definition) is 0. The molecular formula is C26H18F4. The van der Waals surface area contributed by atoms with E-state index in [0.29, 0.717) is 5.56 Å². The zero-order valence-corrected chi connectivity index (χ0v) is 17.0. The van der Waals surface area contributed by atoms with Crippen LogP contribution in [0.2, 0.25) is 0 Å². The third-order valence-corrected chi connectivity index (χ3v) is 4.55. The van der Waals surface area contributed by atoms with Gasteiger partial charge in [-0.1, -0.05) is 41.4 Å². The summed E-state index contributed by atoms with van der Waals surface area (Å²) in [6.45, 7) is 7.36. The second kappa shape index (κ2) is 8.47. The highest BCUT2D eigenvalue weighted by Gasteiger charge is 2.11. The predicted molar refractivity (Wildman–Crippen MR) is 110 cm³/mol. The van der Waals surface area contributed by atoms with E-state index in [4.69, 9.17) is 0 Å². The Morgan fingerprint density at radius 1 is 0.467 bits per heavy atom. The van der Waals surface area contributed by atoms with Crippen molar-refractivity contribution in [3.05, 3.63) is 104 Å². The van der Waals surface area contributed by atoms with Crippen LogP contribution in [-0.4, -0.2) is 0 Å². The maximum atomic E-state index is 14.4. The lowest BCUT2D eigenvalue weighted by Crippen LogP contribution is -1.95. The summed E-state index contributed by atoms with van der Waals surface area (Å²) in [4.78, 5) is 0. The van der Waals surface area contributed by atoms with Crippen LogP contribution < -0.4 is 0 Å². The average Bonchev–Trinajstić information content (AvgIpc) is 2.61. The normalized spacial score (nSPS) is 10.1. The molecule has 3 aromatic rings. The van der Waals surface area contributed by atoms with Crippen LogP contribution in [0.3, 0.4) is 0 Å². The van der Waals surface area contributed by atoms with Crippen LogP contribution in [0.15, 0.2) is 36.4 Å². The van der Waals surface area contributed by atoms with E-state index in [1.807, 2.05) is 32.9 Å². The lowest BCUT2D eigenvalue weighted by Gasteiger charge is -2.05. The molecule has 0 atom stereocenters. The summed E-state index contributed by atoms with van der Waals surface area (Å²) in [6, 6.07) is 8.29. The monoisotopic (exact) mass is 406 g/mol. The van der Waals surface area contributed by atoms with Crippen molar-refractivity contribution >= 4 is 0 Å². The molecule has 0 fully saturated rings. The molecule has 150 valence electrons. The van der Waals surface area contributed by atoms with Crippen molar-refractivity contribution in [1.82, 2.24) is 0 Å². The third-order valence-electron chi connectivity index (χ3n) is 4.55. The summed E-state index contributed by atoms with van der Waals surface area (Å²) in [6.07, 6.45) is 0. The standard InChI is InChI=1S/C26H18F4/c1-15-9-17(3)20(18(4)10-15)6-5-19-13-25(29)22(26(30)14-19)8-7-21-23(27)11-16(2)12-24(21)28/h9-14H,1-4H3. The van der Waals surface area contributed by atoms with Gasteiger partial charge in [-0.05, 0) is 68.7 Å². The smallest absolute Gasteiger partial charge is 0.143 e. The van der Waals surface area contributed by atoms with Gasteiger partial charge in [0.25, 0.3) is 0 Å². The predicted octanol–water partition coefficient (Wildman–Crippen LogP) is 6.28. The zero-order chi connectivity index (χ0) is 22.0. The highest BCUT2D eigenvalue weighted by molar-refractivity contribution is 5.53. The van der Waals surface area contributed by atoms with Crippen LogP contribution in [-0.2, 0) is 0 Å². The van der Waals surface area contributed by atoms with Gasteiger partial charge in [0.2, 0.25) is 0 Å². The van der Waals surface area contributed by atoms with Crippen molar-refractivity contribution in [3.8, 4) is 23.7 Å². The minimum atomic E-state index is -0.947. The van der Waals surface area contributed by atoms with Crippen molar-refractivity contribution in [3.63, 3.8) is 0 Å². The van der Waals surface area contributed by atoms with Crippen molar-refractivity contribution in [2.45, 2.75) is 27.7 Å². The minimum Gasteiger partial charge on any atom is -0.206 e. The van der Waals surface area contributed by atoms with Crippen LogP contribution >= 0.6 is 0 Å². The van der Waals surface area contributed by atoms with Crippen LogP contribution in [0.1, 0.15) is 44.5 Å². The second-order valence-electron chi connectivity index (χ2n) is 7.19. The first-order chi connectivity index (χ1) is 14.2. The molecule has 0 radical (unpaired) electrons. The van der Waals surface area contributed by atoms with Crippen molar-refractivity contribution < 1.29 is 17.6 Å². The first-order valence-corrected chi connectivity index (χ1v) is 9.22. The van der Waals surface area contributed by atoms with Gasteiger partial charge in [0, 0.05) is 11.1 Å². The Balaban J connectivity index is 1.98. The lowest BCUT2D eigenvalue weighted by molar-refractivity contribution is 0.573. The van der Waals surface area contributed by atoms with E-state index in [1.165, 1.54) is 6.92 Å². The van der Waals surface area contributed by atoms with Crippen LogP contribution in [0.5, 0.6) is 0 Å². The lowest BCUT2D eigenvalue weighted by atomic mass is 10.00. The van der Waals surface area contributed by atoms with E-state index in [2.05, 4.69) is 23.7 Å². The van der Waals surface area contributed by atoms with Gasteiger partial charge in [0.1, 0.15) is 23.3 Å². The van der Waals surface area contributed by atoms with E-state index in [1.54, 1.807) is 0 Å². The van der Waals surface area contributed by atoms with Crippen molar-refractivity contribution in [1.29, 1.82) is 0 Å². The molecule has 0 N–H and O–H groups in total. The Labute approximate surface area is 173 Å². The molecule has 0 aliphatic heterocycles. The molecule has 4 heteroatoms. The molecule has 3 rings (SSSR count). The zero-order valence-electron chi connectivity index (χ0n) is 17.0. The molecule has 0 bridgehead atoms. The van der Waals surface area contributed by atoms with Crippen molar-refractivity contribution in [2.24, 2.45) is 0 Å². The minimum absolute atomic E-state index is 0.141. The van der Waals surface area contributed by atoms with Crippen molar-refractivity contribution in [2.75, 3.05) is 0 Å². The highest BCUT2D eigenvalue weighted by Crippen LogP contribution is 2.18. The van der Waals surface area contributed by atoms with Gasteiger partial charge in [-0.15, -0.1) is 0 Å². The Kier molecular flexibility index (Phi) is 5.99. The van der Waals surface area contributed by atoms with Gasteiger partial charge < -0.3 is 0 Å². The van der Waals surface area contributed by atoms with E-state index in [-0.39, 0.29) is 5.56 Å². The molecule has 30 heavy (non-hydrogen) atoms. The molecule has 0 nitrogen and oxygen atoms in total. The fourth-order valence-corrected chi connectivity index (χ4v) is 3.22. The van der Waals surface area contributed by atoms with E-state index >= 15 is 0 Å². The number of hydrogen-bond donors (Lipinski definition) is 0. The molecule has 0 amide bonds. The maximum absolute atomic E-state index is 14.4. The Hall–Kier alpha value is -3.50. The van der Waals surface area contributed by atoms with Gasteiger partial charge in [-0.25, -0.2) is 17.6 Å². The van der Waals surface area contributed by atoms with Crippen LogP contribution in [0.4, 0.5) is 17.6 Å². The van der Waals surface area contributed by atoms with E-state index in [9.17, 15) is 17.6 Å². The molecule has 0 spiro atoms. The summed E-state index contributed by atoms with van der Waals surface area (Å²) in [5.41, 5.74) is 3.29. The Morgan fingerprint density at radius 3 is 1.30 bits per heavy atom. The fraction of sp³-hybridized carbons (Fsp3) is 0.154. The maximum Gasteiger partial charge on any atom is 0.143 e. The molecule has 0 saturated carbocycles. The first kappa shape index (κ1) is 21.2. The third kappa shape index (κ3) is 4.56. The number of benzene rings is 3. The summed E-state index contributed by atoms with van der Waals surface area (Å²) in [5.74, 6) is 6.45. The number of rotatable bonds is 0.